The number of hydrogen-bond acceptors (Lipinski definition) is 3. The molecule has 0 aliphatic carbocycles. The summed E-state index contributed by atoms with van der Waals surface area (Å²) in [6, 6.07) is 0. The van der Waals surface area contributed by atoms with Crippen LogP contribution < -0.4 is 0 Å². The van der Waals surface area contributed by atoms with Crippen molar-refractivity contribution >= 4 is 25.3 Å². The molecule has 3 heteroatoms. The largest absolute Gasteiger partial charge is 0.396 e. The van der Waals surface area contributed by atoms with Crippen molar-refractivity contribution in [2.75, 3.05) is 6.61 Å². The second kappa shape index (κ2) is 20.0. The molecule has 0 radical (unpaired) electrons. The van der Waals surface area contributed by atoms with E-state index < -0.39 is 0 Å². The number of rotatable bonds is 19. The average molecular weight is 377 g/mol. The highest BCUT2D eigenvalue weighted by Gasteiger charge is 2.13. The first-order chi connectivity index (χ1) is 11.7. The Labute approximate surface area is 163 Å². The Hall–Kier alpha value is 0.660. The van der Waals surface area contributed by atoms with Gasteiger partial charge in [-0.1, -0.05) is 96.8 Å². The third-order valence-electron chi connectivity index (χ3n) is 4.96. The van der Waals surface area contributed by atoms with Gasteiger partial charge >= 0.3 is 0 Å². The Morgan fingerprint density at radius 2 is 0.875 bits per heavy atom. The van der Waals surface area contributed by atoms with Gasteiger partial charge in [0.1, 0.15) is 0 Å². The van der Waals surface area contributed by atoms with Crippen LogP contribution in [0.4, 0.5) is 0 Å². The Kier molecular flexibility index (Phi) is 20.5. The zero-order chi connectivity index (χ0) is 17.9. The summed E-state index contributed by atoms with van der Waals surface area (Å²) in [5.74, 6) is 0. The van der Waals surface area contributed by atoms with E-state index >= 15 is 0 Å². The number of thiol groups is 2. The Bertz CT molecular complexity index is 236. The molecule has 0 heterocycles. The predicted molar refractivity (Wildman–Crippen MR) is 117 cm³/mol. The van der Waals surface area contributed by atoms with E-state index in [0.29, 0.717) is 17.1 Å². The maximum atomic E-state index is 8.73. The van der Waals surface area contributed by atoms with Crippen molar-refractivity contribution < 1.29 is 5.11 Å². The van der Waals surface area contributed by atoms with Gasteiger partial charge < -0.3 is 5.11 Å². The van der Waals surface area contributed by atoms with Crippen molar-refractivity contribution in [2.45, 2.75) is 127 Å². The van der Waals surface area contributed by atoms with Gasteiger partial charge in [0.2, 0.25) is 0 Å². The zero-order valence-electron chi connectivity index (χ0n) is 16.2. The predicted octanol–water partition coefficient (Wildman–Crippen LogP) is 7.23. The molecule has 1 N–H and O–H groups in total. The van der Waals surface area contributed by atoms with E-state index in [-0.39, 0.29) is 0 Å². The molecule has 0 fully saturated rings. The lowest BCUT2D eigenvalue weighted by molar-refractivity contribution is 0.282. The van der Waals surface area contributed by atoms with E-state index in [9.17, 15) is 0 Å². The van der Waals surface area contributed by atoms with E-state index in [2.05, 4.69) is 6.92 Å². The van der Waals surface area contributed by atoms with Crippen LogP contribution in [-0.4, -0.2) is 22.2 Å². The third-order valence-corrected chi connectivity index (χ3v) is 6.43. The van der Waals surface area contributed by atoms with E-state index in [1.54, 1.807) is 0 Å². The summed E-state index contributed by atoms with van der Waals surface area (Å²) in [6.45, 7) is 2.63. The van der Waals surface area contributed by atoms with Crippen LogP contribution in [0.15, 0.2) is 0 Å². The zero-order valence-corrected chi connectivity index (χ0v) is 18.0. The minimum absolute atomic E-state index is 0.354. The normalized spacial score (nSPS) is 14.0. The third kappa shape index (κ3) is 17.5. The van der Waals surface area contributed by atoms with E-state index in [1.165, 1.54) is 103 Å². The standard InChI is InChI=1S/C21H44OS2/c1-2-3-4-5-8-11-14-17-20(23)21(24)18-15-12-9-6-7-10-13-16-19-22/h20-24H,2-19H2,1H3. The van der Waals surface area contributed by atoms with Crippen molar-refractivity contribution in [3.05, 3.63) is 0 Å². The topological polar surface area (TPSA) is 20.2 Å². The summed E-state index contributed by atoms with van der Waals surface area (Å²) in [4.78, 5) is 0. The molecule has 2 atom stereocenters. The lowest BCUT2D eigenvalue weighted by atomic mass is 10.0. The molecule has 0 bridgehead atoms. The van der Waals surface area contributed by atoms with E-state index in [0.717, 1.165) is 6.42 Å². The van der Waals surface area contributed by atoms with Crippen LogP contribution in [0.2, 0.25) is 0 Å². The molecule has 0 aliphatic heterocycles. The molecule has 1 nitrogen and oxygen atoms in total. The number of hydrogen-bond donors (Lipinski definition) is 3. The minimum Gasteiger partial charge on any atom is -0.396 e. The Morgan fingerprint density at radius 3 is 1.25 bits per heavy atom. The lowest BCUT2D eigenvalue weighted by Crippen LogP contribution is -2.15. The monoisotopic (exact) mass is 376 g/mol. The van der Waals surface area contributed by atoms with Crippen LogP contribution in [-0.2, 0) is 0 Å². The maximum absolute atomic E-state index is 8.73. The first-order valence-corrected chi connectivity index (χ1v) is 11.7. The van der Waals surface area contributed by atoms with Crippen LogP contribution in [0.5, 0.6) is 0 Å². The molecule has 0 aliphatic rings. The smallest absolute Gasteiger partial charge is 0.0431 e. The highest BCUT2D eigenvalue weighted by molar-refractivity contribution is 7.85. The van der Waals surface area contributed by atoms with Crippen LogP contribution in [0, 0.1) is 0 Å². The molecule has 0 aromatic heterocycles. The molecule has 0 amide bonds. The van der Waals surface area contributed by atoms with Crippen LogP contribution in [0.1, 0.15) is 116 Å². The van der Waals surface area contributed by atoms with E-state index in [1.807, 2.05) is 0 Å². The molecule has 0 spiro atoms. The molecule has 146 valence electrons. The molecular formula is C21H44OS2. The van der Waals surface area contributed by atoms with Crippen molar-refractivity contribution in [1.82, 2.24) is 0 Å². The van der Waals surface area contributed by atoms with Gasteiger partial charge in [-0.25, -0.2) is 0 Å². The molecule has 2 unspecified atom stereocenters. The van der Waals surface area contributed by atoms with Crippen LogP contribution in [0.25, 0.3) is 0 Å². The van der Waals surface area contributed by atoms with Gasteiger partial charge in [-0.15, -0.1) is 0 Å². The SMILES string of the molecule is CCCCCCCCCC(S)C(S)CCCCCCCCCCO. The first-order valence-electron chi connectivity index (χ1n) is 10.7. The molecule has 24 heavy (non-hydrogen) atoms. The molecule has 0 aromatic rings. The van der Waals surface area contributed by atoms with Gasteiger partial charge in [0.25, 0.3) is 0 Å². The van der Waals surface area contributed by atoms with Gasteiger partial charge in [-0.2, -0.15) is 25.3 Å². The van der Waals surface area contributed by atoms with Gasteiger partial charge in [0, 0.05) is 17.1 Å². The summed E-state index contributed by atoms with van der Waals surface area (Å²) >= 11 is 9.56. The quantitative estimate of drug-likeness (QED) is 0.160. The highest BCUT2D eigenvalue weighted by atomic mass is 32.1. The fraction of sp³-hybridized carbons (Fsp3) is 1.00. The van der Waals surface area contributed by atoms with Crippen LogP contribution >= 0.6 is 25.3 Å². The van der Waals surface area contributed by atoms with Crippen molar-refractivity contribution in [1.29, 1.82) is 0 Å². The number of aliphatic hydroxyl groups excluding tert-OH is 1. The van der Waals surface area contributed by atoms with E-state index in [4.69, 9.17) is 30.4 Å². The average Bonchev–Trinajstić information content (AvgIpc) is 2.59. The van der Waals surface area contributed by atoms with Gasteiger partial charge in [-0.3, -0.25) is 0 Å². The Morgan fingerprint density at radius 1 is 0.542 bits per heavy atom. The van der Waals surface area contributed by atoms with Crippen LogP contribution in [0.3, 0.4) is 0 Å². The summed E-state index contributed by atoms with van der Waals surface area (Å²) in [5, 5.41) is 9.68. The lowest BCUT2D eigenvalue weighted by Gasteiger charge is -2.18. The fourth-order valence-corrected chi connectivity index (χ4v) is 3.88. The summed E-state index contributed by atoms with van der Waals surface area (Å²) in [5.41, 5.74) is 0. The molecule has 0 saturated heterocycles. The minimum atomic E-state index is 0.354. The van der Waals surface area contributed by atoms with Gasteiger partial charge in [0.05, 0.1) is 0 Å². The fourth-order valence-electron chi connectivity index (χ4n) is 3.22. The van der Waals surface area contributed by atoms with Crippen molar-refractivity contribution in [3.63, 3.8) is 0 Å². The molecule has 0 saturated carbocycles. The summed E-state index contributed by atoms with van der Waals surface area (Å²) in [6.07, 6.45) is 22.2. The number of unbranched alkanes of at least 4 members (excludes halogenated alkanes) is 13. The molecule has 0 rings (SSSR count). The van der Waals surface area contributed by atoms with Gasteiger partial charge in [-0.05, 0) is 19.3 Å². The molecule has 0 aromatic carbocycles. The second-order valence-electron chi connectivity index (χ2n) is 7.39. The molecular weight excluding hydrogens is 332 g/mol. The first kappa shape index (κ1) is 24.7. The highest BCUT2D eigenvalue weighted by Crippen LogP contribution is 2.22. The van der Waals surface area contributed by atoms with Crippen molar-refractivity contribution in [3.8, 4) is 0 Å². The summed E-state index contributed by atoms with van der Waals surface area (Å²) < 4.78 is 0. The summed E-state index contributed by atoms with van der Waals surface area (Å²) in [7, 11) is 0. The maximum Gasteiger partial charge on any atom is 0.0431 e. The second-order valence-corrected chi connectivity index (χ2v) is 8.71. The van der Waals surface area contributed by atoms with Gasteiger partial charge in [0.15, 0.2) is 0 Å². The Balaban J connectivity index is 3.32. The number of aliphatic hydroxyl groups is 1. The van der Waals surface area contributed by atoms with Crippen molar-refractivity contribution in [2.24, 2.45) is 0 Å².